The predicted octanol–water partition coefficient (Wildman–Crippen LogP) is 3.41. The summed E-state index contributed by atoms with van der Waals surface area (Å²) in [6, 6.07) is 8.20. The first-order chi connectivity index (χ1) is 13.8. The van der Waals surface area contributed by atoms with E-state index in [1.54, 1.807) is 7.11 Å². The molecule has 1 heterocycles. The summed E-state index contributed by atoms with van der Waals surface area (Å²) in [5, 5.41) is 10.6. The molecule has 1 saturated heterocycles. The van der Waals surface area contributed by atoms with Crippen LogP contribution in [0.4, 0.5) is 5.69 Å². The van der Waals surface area contributed by atoms with Gasteiger partial charge in [0.2, 0.25) is 0 Å². The fraction of sp³-hybridized carbons (Fsp3) is 0.750. The molecule has 2 aliphatic carbocycles. The van der Waals surface area contributed by atoms with Crippen LogP contribution in [-0.2, 0) is 4.74 Å². The van der Waals surface area contributed by atoms with Gasteiger partial charge in [0.25, 0.3) is 0 Å². The molecule has 0 radical (unpaired) electrons. The van der Waals surface area contributed by atoms with Crippen LogP contribution < -0.4 is 9.64 Å². The van der Waals surface area contributed by atoms with Crippen LogP contribution >= 0.6 is 0 Å². The lowest BCUT2D eigenvalue weighted by Gasteiger charge is -2.40. The van der Waals surface area contributed by atoms with Gasteiger partial charge < -0.3 is 19.5 Å². The summed E-state index contributed by atoms with van der Waals surface area (Å²) in [6.07, 6.45) is 3.64. The lowest BCUT2D eigenvalue weighted by molar-refractivity contribution is -0.0794. The van der Waals surface area contributed by atoms with Crippen molar-refractivity contribution in [2.45, 2.75) is 52.2 Å². The molecule has 0 unspecified atom stereocenters. The Morgan fingerprint density at radius 3 is 2.48 bits per heavy atom. The molecule has 4 rings (SSSR count). The molecule has 5 nitrogen and oxygen atoms in total. The minimum Gasteiger partial charge on any atom is -0.495 e. The van der Waals surface area contributed by atoms with Gasteiger partial charge in [0, 0.05) is 32.7 Å². The second-order valence-corrected chi connectivity index (χ2v) is 10.0. The van der Waals surface area contributed by atoms with Gasteiger partial charge in [0.05, 0.1) is 31.6 Å². The van der Waals surface area contributed by atoms with Crippen LogP contribution in [-0.4, -0.2) is 68.7 Å². The molecule has 0 aromatic heterocycles. The number of benzene rings is 1. The quantitative estimate of drug-likeness (QED) is 0.757. The number of ether oxygens (including phenoxy) is 2. The Morgan fingerprint density at radius 2 is 1.86 bits per heavy atom. The number of piperazine rings is 1. The van der Waals surface area contributed by atoms with Gasteiger partial charge in [-0.25, -0.2) is 0 Å². The fourth-order valence-electron chi connectivity index (χ4n) is 6.02. The number of methoxy groups -OCH3 is 1. The number of β-amino-alcohol motifs (C(OH)–C–C–N with tert-alkyl or cyclic N) is 1. The van der Waals surface area contributed by atoms with Crippen molar-refractivity contribution in [2.75, 3.05) is 51.3 Å². The van der Waals surface area contributed by atoms with E-state index in [4.69, 9.17) is 9.47 Å². The van der Waals surface area contributed by atoms with Crippen LogP contribution in [0.5, 0.6) is 5.75 Å². The SMILES string of the molecule is COc1ccccc1N1CCN(C[C@H](O)CO[C@H]2C[C@H]3CC[C@@]2(C)C3(C)C)CC1. The van der Waals surface area contributed by atoms with E-state index < -0.39 is 6.10 Å². The molecule has 2 saturated carbocycles. The van der Waals surface area contributed by atoms with Crippen molar-refractivity contribution in [3.8, 4) is 5.75 Å². The minimum absolute atomic E-state index is 0.262. The lowest BCUT2D eigenvalue weighted by Crippen LogP contribution is -2.49. The van der Waals surface area contributed by atoms with Gasteiger partial charge in [-0.1, -0.05) is 32.9 Å². The Bertz CT molecular complexity index is 701. The maximum atomic E-state index is 10.6. The zero-order valence-corrected chi connectivity index (χ0v) is 18.6. The molecule has 5 heteroatoms. The van der Waals surface area contributed by atoms with Gasteiger partial charge in [-0.15, -0.1) is 0 Å². The number of anilines is 1. The van der Waals surface area contributed by atoms with Crippen molar-refractivity contribution in [3.63, 3.8) is 0 Å². The van der Waals surface area contributed by atoms with Crippen LogP contribution in [0.25, 0.3) is 0 Å². The third-order valence-corrected chi connectivity index (χ3v) is 8.47. The number of aliphatic hydroxyl groups is 1. The smallest absolute Gasteiger partial charge is 0.142 e. The van der Waals surface area contributed by atoms with E-state index in [0.29, 0.717) is 24.7 Å². The molecule has 4 atom stereocenters. The normalized spacial score (nSPS) is 32.5. The highest BCUT2D eigenvalue weighted by molar-refractivity contribution is 5.58. The lowest BCUT2D eigenvalue weighted by atomic mass is 9.70. The highest BCUT2D eigenvalue weighted by Gasteiger charge is 2.61. The summed E-state index contributed by atoms with van der Waals surface area (Å²) in [7, 11) is 1.73. The highest BCUT2D eigenvalue weighted by atomic mass is 16.5. The first-order valence-corrected chi connectivity index (χ1v) is 11.2. The zero-order valence-electron chi connectivity index (χ0n) is 18.6. The van der Waals surface area contributed by atoms with Crippen LogP contribution in [0.3, 0.4) is 0 Å². The molecular weight excluding hydrogens is 364 g/mol. The van der Waals surface area contributed by atoms with Crippen molar-refractivity contribution in [1.82, 2.24) is 4.90 Å². The van der Waals surface area contributed by atoms with Gasteiger partial charge in [-0.3, -0.25) is 4.90 Å². The molecule has 1 aromatic rings. The van der Waals surface area contributed by atoms with Gasteiger partial charge in [-0.2, -0.15) is 0 Å². The van der Waals surface area contributed by atoms with Crippen LogP contribution in [0.2, 0.25) is 0 Å². The number of aliphatic hydroxyl groups excluding tert-OH is 1. The molecule has 1 N–H and O–H groups in total. The maximum absolute atomic E-state index is 10.6. The van der Waals surface area contributed by atoms with Crippen LogP contribution in [0.1, 0.15) is 40.0 Å². The Morgan fingerprint density at radius 1 is 1.14 bits per heavy atom. The van der Waals surface area contributed by atoms with E-state index in [2.05, 4.69) is 42.7 Å². The van der Waals surface area contributed by atoms with E-state index in [1.165, 1.54) is 12.8 Å². The molecule has 29 heavy (non-hydrogen) atoms. The van der Waals surface area contributed by atoms with E-state index in [-0.39, 0.29) is 5.41 Å². The molecule has 2 bridgehead atoms. The molecule has 1 aromatic carbocycles. The third kappa shape index (κ3) is 3.77. The number of para-hydroxylation sites is 2. The number of rotatable bonds is 7. The summed E-state index contributed by atoms with van der Waals surface area (Å²) >= 11 is 0. The zero-order chi connectivity index (χ0) is 20.6. The highest BCUT2D eigenvalue weighted by Crippen LogP contribution is 2.66. The predicted molar refractivity (Wildman–Crippen MR) is 117 cm³/mol. The average molecular weight is 403 g/mol. The van der Waals surface area contributed by atoms with Crippen molar-refractivity contribution in [1.29, 1.82) is 0 Å². The largest absolute Gasteiger partial charge is 0.495 e. The van der Waals surface area contributed by atoms with Crippen molar-refractivity contribution >= 4 is 5.69 Å². The van der Waals surface area contributed by atoms with E-state index in [0.717, 1.165) is 50.0 Å². The second kappa shape index (κ2) is 8.09. The Hall–Kier alpha value is -1.30. The summed E-state index contributed by atoms with van der Waals surface area (Å²) in [6.45, 7) is 12.2. The molecule has 162 valence electrons. The second-order valence-electron chi connectivity index (χ2n) is 10.0. The standard InChI is InChI=1S/C24H38N2O3/c1-23(2)18-9-10-24(23,3)22(15-18)29-17-19(27)16-25-11-13-26(14-12-25)20-7-5-6-8-21(20)28-4/h5-8,18-19,22,27H,9-17H2,1-4H3/t18-,19+,22+,24-/m1/s1. The van der Waals surface area contributed by atoms with Crippen molar-refractivity contribution in [3.05, 3.63) is 24.3 Å². The molecule has 3 aliphatic rings. The van der Waals surface area contributed by atoms with E-state index in [1.807, 2.05) is 12.1 Å². The average Bonchev–Trinajstić information content (AvgIpc) is 3.06. The molecule has 3 fully saturated rings. The summed E-state index contributed by atoms with van der Waals surface area (Å²) < 4.78 is 11.8. The first-order valence-electron chi connectivity index (χ1n) is 11.2. The molecular formula is C24H38N2O3. The van der Waals surface area contributed by atoms with Gasteiger partial charge >= 0.3 is 0 Å². The number of nitrogens with zero attached hydrogens (tertiary/aromatic N) is 2. The summed E-state index contributed by atoms with van der Waals surface area (Å²) in [4.78, 5) is 4.72. The Balaban J connectivity index is 1.23. The van der Waals surface area contributed by atoms with Crippen molar-refractivity contribution < 1.29 is 14.6 Å². The summed E-state index contributed by atoms with van der Waals surface area (Å²) in [5.41, 5.74) is 1.78. The van der Waals surface area contributed by atoms with Crippen molar-refractivity contribution in [2.24, 2.45) is 16.7 Å². The monoisotopic (exact) mass is 402 g/mol. The van der Waals surface area contributed by atoms with Gasteiger partial charge in [0.15, 0.2) is 0 Å². The van der Waals surface area contributed by atoms with Crippen LogP contribution in [0.15, 0.2) is 24.3 Å². The maximum Gasteiger partial charge on any atom is 0.142 e. The van der Waals surface area contributed by atoms with Gasteiger partial charge in [0.1, 0.15) is 5.75 Å². The van der Waals surface area contributed by atoms with Crippen LogP contribution in [0, 0.1) is 16.7 Å². The molecule has 0 amide bonds. The fourth-order valence-corrected chi connectivity index (χ4v) is 6.02. The number of hydrogen-bond acceptors (Lipinski definition) is 5. The Kier molecular flexibility index (Phi) is 5.84. The number of hydrogen-bond donors (Lipinski definition) is 1. The van der Waals surface area contributed by atoms with E-state index >= 15 is 0 Å². The number of fused-ring (bicyclic) bond motifs is 2. The molecule has 1 aliphatic heterocycles. The third-order valence-electron chi connectivity index (χ3n) is 8.47. The van der Waals surface area contributed by atoms with Gasteiger partial charge in [-0.05, 0) is 48.1 Å². The molecule has 0 spiro atoms. The summed E-state index contributed by atoms with van der Waals surface area (Å²) in [5.74, 6) is 1.70. The van der Waals surface area contributed by atoms with E-state index in [9.17, 15) is 5.11 Å². The topological polar surface area (TPSA) is 45.2 Å². The first kappa shape index (κ1) is 21.0. The minimum atomic E-state index is -0.418. The Labute approximate surface area is 176 Å².